The lowest BCUT2D eigenvalue weighted by Gasteiger charge is -2.10. The predicted octanol–water partition coefficient (Wildman–Crippen LogP) is 2.01. The smallest absolute Gasteiger partial charge is 0.332 e. The van der Waals surface area contributed by atoms with E-state index in [0.29, 0.717) is 5.69 Å². The summed E-state index contributed by atoms with van der Waals surface area (Å²) in [5, 5.41) is 22.6. The van der Waals surface area contributed by atoms with Gasteiger partial charge in [0, 0.05) is 21.0 Å². The number of halogens is 2. The van der Waals surface area contributed by atoms with Crippen LogP contribution in [0.15, 0.2) is 22.7 Å². The number of amides is 2. The van der Waals surface area contributed by atoms with Gasteiger partial charge in [-0.25, -0.2) is 9.59 Å². The molecule has 0 aliphatic carbocycles. The van der Waals surface area contributed by atoms with E-state index in [1.807, 2.05) is 12.1 Å². The van der Waals surface area contributed by atoms with Gasteiger partial charge in [-0.2, -0.15) is 0 Å². The van der Waals surface area contributed by atoms with Crippen LogP contribution in [0.3, 0.4) is 0 Å². The van der Waals surface area contributed by atoms with Crippen molar-refractivity contribution in [3.8, 4) is 0 Å². The number of hydrogen-bond donors (Lipinski definition) is 4. The van der Waals surface area contributed by atoms with Gasteiger partial charge in [-0.05, 0) is 40.8 Å². The molecule has 6 nitrogen and oxygen atoms in total. The zero-order chi connectivity index (χ0) is 14.4. The highest BCUT2D eigenvalue weighted by Gasteiger charge is 2.13. The van der Waals surface area contributed by atoms with Crippen LogP contribution in [0, 0.1) is 3.57 Å². The van der Waals surface area contributed by atoms with E-state index in [1.54, 1.807) is 6.07 Å². The van der Waals surface area contributed by atoms with Gasteiger partial charge < -0.3 is 20.8 Å². The van der Waals surface area contributed by atoms with E-state index in [4.69, 9.17) is 10.2 Å². The maximum absolute atomic E-state index is 11.6. The second-order valence-corrected chi connectivity index (χ2v) is 5.73. The molecule has 0 aliphatic rings. The number of carbonyl (C=O) groups is 2. The van der Waals surface area contributed by atoms with Crippen molar-refractivity contribution in [2.24, 2.45) is 0 Å². The number of rotatable bonds is 5. The van der Waals surface area contributed by atoms with Crippen molar-refractivity contribution in [1.82, 2.24) is 5.32 Å². The maximum Gasteiger partial charge on any atom is 0.332 e. The summed E-state index contributed by atoms with van der Waals surface area (Å²) in [6.45, 7) is 0.0733. The van der Waals surface area contributed by atoms with Crippen LogP contribution in [0.25, 0.3) is 0 Å². The maximum atomic E-state index is 11.6. The number of nitrogens with one attached hydrogen (secondary N) is 2. The lowest BCUT2D eigenvalue weighted by molar-refractivity contribution is -0.146. The topological polar surface area (TPSA) is 98.7 Å². The minimum absolute atomic E-state index is 0.0433. The quantitative estimate of drug-likeness (QED) is 0.524. The number of carboxylic acid groups (broad SMARTS) is 1. The van der Waals surface area contributed by atoms with Gasteiger partial charge in [-0.1, -0.05) is 15.9 Å². The molecule has 1 atom stereocenters. The molecule has 4 N–H and O–H groups in total. The van der Waals surface area contributed by atoms with Gasteiger partial charge in [0.15, 0.2) is 6.10 Å². The van der Waals surface area contributed by atoms with Gasteiger partial charge >= 0.3 is 12.0 Å². The molecule has 0 fully saturated rings. The highest BCUT2D eigenvalue weighted by atomic mass is 127. The van der Waals surface area contributed by atoms with Crippen molar-refractivity contribution in [2.75, 3.05) is 11.9 Å². The summed E-state index contributed by atoms with van der Waals surface area (Å²) in [4.78, 5) is 21.9. The third-order valence-corrected chi connectivity index (χ3v) is 3.60. The summed E-state index contributed by atoms with van der Waals surface area (Å²) in [5.41, 5.74) is 0.645. The second-order valence-electron chi connectivity index (χ2n) is 3.65. The molecule has 0 aromatic heterocycles. The van der Waals surface area contributed by atoms with E-state index in [-0.39, 0.29) is 13.0 Å². The summed E-state index contributed by atoms with van der Waals surface area (Å²) >= 11 is 5.39. The molecule has 0 saturated heterocycles. The Morgan fingerprint density at radius 3 is 2.74 bits per heavy atom. The van der Waals surface area contributed by atoms with Crippen LogP contribution in [0.2, 0.25) is 0 Å². The number of aliphatic carboxylic acids is 1. The van der Waals surface area contributed by atoms with E-state index in [0.717, 1.165) is 8.04 Å². The second kappa shape index (κ2) is 7.65. The number of urea groups is 1. The number of aliphatic hydroxyl groups is 1. The van der Waals surface area contributed by atoms with E-state index in [1.165, 1.54) is 0 Å². The first-order valence-electron chi connectivity index (χ1n) is 5.31. The van der Waals surface area contributed by atoms with Crippen LogP contribution in [0.4, 0.5) is 10.5 Å². The molecule has 0 aliphatic heterocycles. The Morgan fingerprint density at radius 2 is 2.11 bits per heavy atom. The zero-order valence-corrected chi connectivity index (χ0v) is 13.4. The molecule has 2 amide bonds. The van der Waals surface area contributed by atoms with Gasteiger partial charge in [0.1, 0.15) is 0 Å². The van der Waals surface area contributed by atoms with E-state index in [2.05, 4.69) is 49.2 Å². The highest BCUT2D eigenvalue weighted by molar-refractivity contribution is 14.1. The normalized spacial score (nSPS) is 11.7. The summed E-state index contributed by atoms with van der Waals surface area (Å²) in [6, 6.07) is 5.00. The monoisotopic (exact) mass is 442 g/mol. The largest absolute Gasteiger partial charge is 0.479 e. The van der Waals surface area contributed by atoms with Crippen molar-refractivity contribution in [2.45, 2.75) is 12.5 Å². The first-order chi connectivity index (χ1) is 8.90. The molecule has 0 heterocycles. The Kier molecular flexibility index (Phi) is 6.52. The third kappa shape index (κ3) is 5.74. The highest BCUT2D eigenvalue weighted by Crippen LogP contribution is 2.22. The van der Waals surface area contributed by atoms with Gasteiger partial charge in [-0.15, -0.1) is 0 Å². The molecule has 0 unspecified atom stereocenters. The first-order valence-corrected chi connectivity index (χ1v) is 7.18. The number of aliphatic hydroxyl groups excluding tert-OH is 1. The molecule has 0 spiro atoms. The minimum Gasteiger partial charge on any atom is -0.479 e. The Morgan fingerprint density at radius 1 is 1.42 bits per heavy atom. The van der Waals surface area contributed by atoms with Gasteiger partial charge in [0.25, 0.3) is 0 Å². The van der Waals surface area contributed by atoms with Crippen molar-refractivity contribution < 1.29 is 19.8 Å². The summed E-state index contributed by atoms with van der Waals surface area (Å²) in [5.74, 6) is -1.30. The molecule has 19 heavy (non-hydrogen) atoms. The fourth-order valence-corrected chi connectivity index (χ4v) is 2.04. The standard InChI is InChI=1S/C11H12BrIN2O4/c12-6-1-2-7(13)8(5-6)15-11(19)14-4-3-9(16)10(17)18/h1-2,5,9,16H,3-4H2,(H,17,18)(H2,14,15,19)/t9-/m0/s1. The van der Waals surface area contributed by atoms with E-state index in [9.17, 15) is 9.59 Å². The number of carbonyl (C=O) groups excluding carboxylic acids is 1. The molecule has 0 bridgehead atoms. The number of carboxylic acids is 1. The predicted molar refractivity (Wildman–Crippen MR) is 82.1 cm³/mol. The van der Waals surface area contributed by atoms with Gasteiger partial charge in [0.2, 0.25) is 0 Å². The molecule has 0 radical (unpaired) electrons. The van der Waals surface area contributed by atoms with Crippen molar-refractivity contribution in [3.05, 3.63) is 26.2 Å². The van der Waals surface area contributed by atoms with Crippen molar-refractivity contribution >= 4 is 56.2 Å². The molecular formula is C11H12BrIN2O4. The van der Waals surface area contributed by atoms with E-state index < -0.39 is 18.1 Å². The van der Waals surface area contributed by atoms with Crippen LogP contribution >= 0.6 is 38.5 Å². The molecule has 0 saturated carbocycles. The van der Waals surface area contributed by atoms with Gasteiger partial charge in [0.05, 0.1) is 5.69 Å². The Balaban J connectivity index is 2.43. The molecule has 1 rings (SSSR count). The Bertz CT molecular complexity index is 484. The van der Waals surface area contributed by atoms with Crippen LogP contribution in [0.5, 0.6) is 0 Å². The van der Waals surface area contributed by atoms with Crippen molar-refractivity contribution in [3.63, 3.8) is 0 Å². The molecule has 8 heteroatoms. The van der Waals surface area contributed by atoms with Gasteiger partial charge in [-0.3, -0.25) is 0 Å². The molecule has 104 valence electrons. The molecular weight excluding hydrogens is 431 g/mol. The fraction of sp³-hybridized carbons (Fsp3) is 0.273. The van der Waals surface area contributed by atoms with Crippen LogP contribution < -0.4 is 10.6 Å². The number of benzene rings is 1. The summed E-state index contributed by atoms with van der Waals surface area (Å²) in [6.07, 6.45) is -1.51. The zero-order valence-electron chi connectivity index (χ0n) is 9.69. The number of anilines is 1. The lowest BCUT2D eigenvalue weighted by atomic mass is 10.2. The summed E-state index contributed by atoms with van der Waals surface area (Å²) in [7, 11) is 0. The number of hydrogen-bond acceptors (Lipinski definition) is 3. The summed E-state index contributed by atoms with van der Waals surface area (Å²) < 4.78 is 1.71. The first kappa shape index (κ1) is 16.2. The Labute approximate surface area is 131 Å². The van der Waals surface area contributed by atoms with Crippen LogP contribution in [0.1, 0.15) is 6.42 Å². The van der Waals surface area contributed by atoms with Crippen LogP contribution in [-0.2, 0) is 4.79 Å². The fourth-order valence-electron chi connectivity index (χ4n) is 1.21. The average Bonchev–Trinajstić information content (AvgIpc) is 2.33. The average molecular weight is 443 g/mol. The molecule has 1 aromatic carbocycles. The minimum atomic E-state index is -1.47. The van der Waals surface area contributed by atoms with Crippen LogP contribution in [-0.4, -0.2) is 34.9 Å². The Hall–Kier alpha value is -0.870. The third-order valence-electron chi connectivity index (χ3n) is 2.16. The van der Waals surface area contributed by atoms with E-state index >= 15 is 0 Å². The lowest BCUT2D eigenvalue weighted by Crippen LogP contribution is -2.33. The van der Waals surface area contributed by atoms with Crippen molar-refractivity contribution in [1.29, 1.82) is 0 Å². The molecule has 1 aromatic rings. The SMILES string of the molecule is O=C(NCC[C@H](O)C(=O)O)Nc1cc(Br)ccc1I.